The van der Waals surface area contributed by atoms with E-state index in [2.05, 4.69) is 9.97 Å². The highest BCUT2D eigenvalue weighted by Gasteiger charge is 2.21. The number of rotatable bonds is 6. The van der Waals surface area contributed by atoms with Crippen molar-refractivity contribution in [3.05, 3.63) is 21.4 Å². The second-order valence-electron chi connectivity index (χ2n) is 4.82. The second-order valence-corrected chi connectivity index (χ2v) is 6.26. The molecule has 1 aliphatic carbocycles. The molecule has 0 aliphatic heterocycles. The molecule has 0 fully saturated rings. The predicted octanol–water partition coefficient (Wildman–Crippen LogP) is 3.04. The molecule has 6 heteroatoms. The van der Waals surface area contributed by atoms with Crippen LogP contribution in [-0.2, 0) is 28.7 Å². The lowest BCUT2D eigenvalue weighted by atomic mass is 10.2. The maximum Gasteiger partial charge on any atom is 0.141 e. The van der Waals surface area contributed by atoms with Crippen molar-refractivity contribution in [3.8, 4) is 0 Å². The first kappa shape index (κ1) is 14.2. The van der Waals surface area contributed by atoms with Crippen LogP contribution < -0.4 is 0 Å². The van der Waals surface area contributed by atoms with Crippen molar-refractivity contribution in [2.75, 3.05) is 26.9 Å². The molecule has 0 atom stereocenters. The summed E-state index contributed by atoms with van der Waals surface area (Å²) < 4.78 is 10.4. The van der Waals surface area contributed by atoms with Crippen LogP contribution in [0.15, 0.2) is 0 Å². The summed E-state index contributed by atoms with van der Waals surface area (Å²) in [4.78, 5) is 11.5. The summed E-state index contributed by atoms with van der Waals surface area (Å²) in [6, 6.07) is 0. The van der Waals surface area contributed by atoms with Crippen LogP contribution >= 0.6 is 22.9 Å². The minimum Gasteiger partial charge on any atom is -0.382 e. The lowest BCUT2D eigenvalue weighted by molar-refractivity contribution is 0.0716. The van der Waals surface area contributed by atoms with E-state index in [0.29, 0.717) is 31.4 Å². The van der Waals surface area contributed by atoms with E-state index in [9.17, 15) is 0 Å². The molecule has 2 aromatic rings. The molecule has 0 saturated heterocycles. The molecule has 0 spiro atoms. The van der Waals surface area contributed by atoms with E-state index in [4.69, 9.17) is 21.1 Å². The highest BCUT2D eigenvalue weighted by atomic mass is 35.5. The van der Waals surface area contributed by atoms with Crippen molar-refractivity contribution in [3.63, 3.8) is 0 Å². The molecule has 0 unspecified atom stereocenters. The van der Waals surface area contributed by atoms with E-state index in [1.807, 2.05) is 0 Å². The maximum atomic E-state index is 6.34. The highest BCUT2D eigenvalue weighted by molar-refractivity contribution is 7.19. The average Bonchev–Trinajstić information content (AvgIpc) is 2.98. The molecular formula is C14H17ClN2O2S. The number of hydrogen-bond donors (Lipinski definition) is 0. The first-order valence-corrected chi connectivity index (χ1v) is 8.02. The molecule has 0 bridgehead atoms. The average molecular weight is 313 g/mol. The number of nitrogens with zero attached hydrogens (tertiary/aromatic N) is 2. The summed E-state index contributed by atoms with van der Waals surface area (Å²) in [5.74, 6) is 0.764. The van der Waals surface area contributed by atoms with Gasteiger partial charge in [0.1, 0.15) is 15.8 Å². The Hall–Kier alpha value is -0.750. The second kappa shape index (κ2) is 6.35. The Morgan fingerprint density at radius 2 is 2.10 bits per heavy atom. The predicted molar refractivity (Wildman–Crippen MR) is 80.8 cm³/mol. The minimum atomic E-state index is 0.594. The molecule has 4 nitrogen and oxygen atoms in total. The Kier molecular flexibility index (Phi) is 4.51. The summed E-state index contributed by atoms with van der Waals surface area (Å²) in [7, 11) is 1.66. The fourth-order valence-corrected chi connectivity index (χ4v) is 4.15. The van der Waals surface area contributed by atoms with Crippen molar-refractivity contribution < 1.29 is 9.47 Å². The molecule has 0 amide bonds. The molecule has 0 aromatic carbocycles. The van der Waals surface area contributed by atoms with Crippen molar-refractivity contribution in [2.45, 2.75) is 25.7 Å². The third kappa shape index (κ3) is 2.81. The number of hydrogen-bond acceptors (Lipinski definition) is 5. The maximum absolute atomic E-state index is 6.34. The topological polar surface area (TPSA) is 44.2 Å². The van der Waals surface area contributed by atoms with Crippen molar-refractivity contribution in [2.24, 2.45) is 0 Å². The lowest BCUT2D eigenvalue weighted by Crippen LogP contribution is -2.07. The van der Waals surface area contributed by atoms with E-state index >= 15 is 0 Å². The van der Waals surface area contributed by atoms with Crippen LogP contribution in [0.4, 0.5) is 0 Å². The van der Waals surface area contributed by atoms with Crippen LogP contribution in [-0.4, -0.2) is 36.9 Å². The monoisotopic (exact) mass is 312 g/mol. The summed E-state index contributed by atoms with van der Waals surface area (Å²) in [6.45, 7) is 1.80. The SMILES string of the molecule is COCCOCCc1nc(Cl)c2c3c(sc2n1)CCC3. The Bertz CT molecular complexity index is 615. The smallest absolute Gasteiger partial charge is 0.141 e. The van der Waals surface area contributed by atoms with Crippen LogP contribution in [0.2, 0.25) is 5.15 Å². The molecule has 108 valence electrons. The van der Waals surface area contributed by atoms with Gasteiger partial charge in [-0.1, -0.05) is 11.6 Å². The highest BCUT2D eigenvalue weighted by Crippen LogP contribution is 2.39. The molecule has 2 heterocycles. The Balaban J connectivity index is 1.74. The first-order chi connectivity index (χ1) is 9.79. The van der Waals surface area contributed by atoms with Gasteiger partial charge in [-0.2, -0.15) is 0 Å². The van der Waals surface area contributed by atoms with Gasteiger partial charge < -0.3 is 9.47 Å². The Morgan fingerprint density at radius 1 is 1.20 bits per heavy atom. The number of fused-ring (bicyclic) bond motifs is 3. The summed E-state index contributed by atoms with van der Waals surface area (Å²) in [6.07, 6.45) is 4.17. The Morgan fingerprint density at radius 3 is 2.95 bits per heavy atom. The largest absolute Gasteiger partial charge is 0.382 e. The summed E-state index contributed by atoms with van der Waals surface area (Å²) in [5.41, 5.74) is 1.37. The number of aromatic nitrogens is 2. The Labute approximate surface area is 127 Å². The molecular weight excluding hydrogens is 296 g/mol. The van der Waals surface area contributed by atoms with Gasteiger partial charge in [-0.15, -0.1) is 11.3 Å². The minimum absolute atomic E-state index is 0.594. The van der Waals surface area contributed by atoms with E-state index < -0.39 is 0 Å². The number of ether oxygens (including phenoxy) is 2. The van der Waals surface area contributed by atoms with E-state index in [-0.39, 0.29) is 0 Å². The zero-order valence-electron chi connectivity index (χ0n) is 11.4. The van der Waals surface area contributed by atoms with Crippen LogP contribution in [0.5, 0.6) is 0 Å². The van der Waals surface area contributed by atoms with Gasteiger partial charge in [-0.3, -0.25) is 0 Å². The zero-order chi connectivity index (χ0) is 13.9. The van der Waals surface area contributed by atoms with Gasteiger partial charge in [0.05, 0.1) is 25.2 Å². The molecule has 0 saturated carbocycles. The normalized spacial score (nSPS) is 14.1. The lowest BCUT2D eigenvalue weighted by Gasteiger charge is -2.04. The number of thiophene rings is 1. The molecule has 0 N–H and O–H groups in total. The number of methoxy groups -OCH3 is 1. The molecule has 1 aliphatic rings. The van der Waals surface area contributed by atoms with Gasteiger partial charge in [-0.05, 0) is 24.8 Å². The van der Waals surface area contributed by atoms with E-state index in [0.717, 1.165) is 28.9 Å². The van der Waals surface area contributed by atoms with Gasteiger partial charge in [0.2, 0.25) is 0 Å². The van der Waals surface area contributed by atoms with Gasteiger partial charge in [0.25, 0.3) is 0 Å². The summed E-state index contributed by atoms with van der Waals surface area (Å²) >= 11 is 8.11. The number of halogens is 1. The van der Waals surface area contributed by atoms with Crippen molar-refractivity contribution in [1.29, 1.82) is 0 Å². The third-order valence-corrected chi connectivity index (χ3v) is 4.93. The van der Waals surface area contributed by atoms with Gasteiger partial charge >= 0.3 is 0 Å². The van der Waals surface area contributed by atoms with Gasteiger partial charge in [0.15, 0.2) is 0 Å². The van der Waals surface area contributed by atoms with Gasteiger partial charge in [-0.25, -0.2) is 9.97 Å². The van der Waals surface area contributed by atoms with Crippen LogP contribution in [0.25, 0.3) is 10.2 Å². The van der Waals surface area contributed by atoms with Crippen LogP contribution in [0.1, 0.15) is 22.7 Å². The fourth-order valence-electron chi connectivity index (χ4n) is 2.51. The van der Waals surface area contributed by atoms with Crippen molar-refractivity contribution in [1.82, 2.24) is 9.97 Å². The molecule has 3 rings (SSSR count). The fraction of sp³-hybridized carbons (Fsp3) is 0.571. The van der Waals surface area contributed by atoms with Crippen LogP contribution in [0, 0.1) is 0 Å². The number of aryl methyl sites for hydroxylation is 2. The van der Waals surface area contributed by atoms with Gasteiger partial charge in [0, 0.05) is 18.4 Å². The van der Waals surface area contributed by atoms with Crippen molar-refractivity contribution >= 4 is 33.2 Å². The molecule has 2 aromatic heterocycles. The van der Waals surface area contributed by atoms with Crippen LogP contribution in [0.3, 0.4) is 0 Å². The first-order valence-electron chi connectivity index (χ1n) is 6.83. The quantitative estimate of drug-likeness (QED) is 0.607. The molecule has 0 radical (unpaired) electrons. The van der Waals surface area contributed by atoms with E-state index in [1.165, 1.54) is 16.9 Å². The van der Waals surface area contributed by atoms with E-state index in [1.54, 1.807) is 18.4 Å². The third-order valence-electron chi connectivity index (χ3n) is 3.47. The molecule has 20 heavy (non-hydrogen) atoms. The zero-order valence-corrected chi connectivity index (χ0v) is 13.0. The summed E-state index contributed by atoms with van der Waals surface area (Å²) in [5, 5.41) is 1.68. The standard InChI is InChI=1S/C14H17ClN2O2S/c1-18-7-8-19-6-5-11-16-13(15)12-9-3-2-4-10(9)20-14(12)17-11/h2-8H2,1H3.